The number of nitrogens with zero attached hydrogens (tertiary/aromatic N) is 3. The van der Waals surface area contributed by atoms with Crippen LogP contribution in [-0.2, 0) is 6.42 Å². The Hall–Kier alpha value is -3.52. The monoisotopic (exact) mass is 367 g/mol. The summed E-state index contributed by atoms with van der Waals surface area (Å²) in [5.74, 6) is 0.472. The van der Waals surface area contributed by atoms with E-state index in [2.05, 4.69) is 25.8 Å². The fraction of sp³-hybridized carbons (Fsp3) is 0.105. The first-order valence-corrected chi connectivity index (χ1v) is 8.22. The van der Waals surface area contributed by atoms with Crippen molar-refractivity contribution in [3.63, 3.8) is 0 Å². The van der Waals surface area contributed by atoms with Crippen molar-refractivity contribution in [2.24, 2.45) is 5.10 Å². The average molecular weight is 367 g/mol. The highest BCUT2D eigenvalue weighted by atomic mass is 19.1. The van der Waals surface area contributed by atoms with Gasteiger partial charge in [-0.25, -0.2) is 14.8 Å². The zero-order chi connectivity index (χ0) is 19.1. The van der Waals surface area contributed by atoms with Crippen LogP contribution in [0.2, 0.25) is 0 Å². The van der Waals surface area contributed by atoms with Crippen LogP contribution in [-0.4, -0.2) is 33.0 Å². The summed E-state index contributed by atoms with van der Waals surface area (Å²) in [7, 11) is 0. The standard InChI is InChI=1S/C19H18FN5O2/c20-14-5-7-15(8-6-14)22-18-11-16(9-10-26)23-19(24-18)25-21-12-13-3-1-2-4-17(13)27/h1-8,11-12,26-27H,9-10H2,(H2,22,23,24,25). The summed E-state index contributed by atoms with van der Waals surface area (Å²) >= 11 is 0. The first-order chi connectivity index (χ1) is 13.1. The first-order valence-electron chi connectivity index (χ1n) is 8.22. The summed E-state index contributed by atoms with van der Waals surface area (Å²) in [6, 6.07) is 14.3. The van der Waals surface area contributed by atoms with Gasteiger partial charge in [-0.1, -0.05) is 12.1 Å². The van der Waals surface area contributed by atoms with Gasteiger partial charge in [0.15, 0.2) is 0 Å². The number of rotatable bonds is 7. The lowest BCUT2D eigenvalue weighted by atomic mass is 10.2. The number of hydrazone groups is 1. The molecule has 0 spiro atoms. The van der Waals surface area contributed by atoms with Crippen LogP contribution in [0.3, 0.4) is 0 Å². The molecule has 3 aromatic rings. The van der Waals surface area contributed by atoms with Crippen molar-refractivity contribution in [2.45, 2.75) is 6.42 Å². The van der Waals surface area contributed by atoms with E-state index in [1.165, 1.54) is 18.3 Å². The lowest BCUT2D eigenvalue weighted by Crippen LogP contribution is -2.05. The molecule has 138 valence electrons. The van der Waals surface area contributed by atoms with Gasteiger partial charge in [-0.05, 0) is 36.4 Å². The van der Waals surface area contributed by atoms with Crippen molar-refractivity contribution in [3.8, 4) is 5.75 Å². The minimum Gasteiger partial charge on any atom is -0.507 e. The number of hydrogen-bond donors (Lipinski definition) is 4. The number of phenolic OH excluding ortho intramolecular Hbond substituents is 1. The van der Waals surface area contributed by atoms with Gasteiger partial charge in [0, 0.05) is 30.3 Å². The summed E-state index contributed by atoms with van der Waals surface area (Å²) in [5.41, 5.74) is 4.52. The topological polar surface area (TPSA) is 103 Å². The highest BCUT2D eigenvalue weighted by molar-refractivity contribution is 5.83. The Balaban J connectivity index is 1.78. The van der Waals surface area contributed by atoms with Crippen LogP contribution < -0.4 is 10.7 Å². The Bertz CT molecular complexity index is 932. The smallest absolute Gasteiger partial charge is 0.245 e. The second-order valence-electron chi connectivity index (χ2n) is 5.60. The normalized spacial score (nSPS) is 10.9. The van der Waals surface area contributed by atoms with Crippen molar-refractivity contribution < 1.29 is 14.6 Å². The molecule has 1 aromatic heterocycles. The zero-order valence-electron chi connectivity index (χ0n) is 14.3. The Morgan fingerprint density at radius 3 is 2.59 bits per heavy atom. The molecule has 0 aliphatic heterocycles. The molecule has 0 radical (unpaired) electrons. The van der Waals surface area contributed by atoms with Crippen LogP contribution in [0, 0.1) is 5.82 Å². The predicted octanol–water partition coefficient (Wildman–Crippen LogP) is 3.05. The quantitative estimate of drug-likeness (QED) is 0.378. The minimum absolute atomic E-state index is 0.0619. The molecule has 4 N–H and O–H groups in total. The maximum atomic E-state index is 13.0. The SMILES string of the molecule is OCCc1cc(Nc2ccc(F)cc2)nc(NN=Cc2ccccc2O)n1. The molecule has 2 aromatic carbocycles. The van der Waals surface area contributed by atoms with Gasteiger partial charge < -0.3 is 15.5 Å². The minimum atomic E-state index is -0.329. The van der Waals surface area contributed by atoms with E-state index in [9.17, 15) is 14.6 Å². The van der Waals surface area contributed by atoms with Crippen LogP contribution in [0.15, 0.2) is 59.7 Å². The van der Waals surface area contributed by atoms with Crippen molar-refractivity contribution in [1.82, 2.24) is 9.97 Å². The van der Waals surface area contributed by atoms with Gasteiger partial charge in [-0.3, -0.25) is 0 Å². The van der Waals surface area contributed by atoms with Gasteiger partial charge >= 0.3 is 0 Å². The second-order valence-corrected chi connectivity index (χ2v) is 5.60. The molecule has 0 saturated heterocycles. The third-order valence-electron chi connectivity index (χ3n) is 3.57. The van der Waals surface area contributed by atoms with Crippen molar-refractivity contribution in [3.05, 3.63) is 71.7 Å². The largest absolute Gasteiger partial charge is 0.507 e. The number of benzene rings is 2. The number of aromatic hydroxyl groups is 1. The average Bonchev–Trinajstić information content (AvgIpc) is 2.65. The van der Waals surface area contributed by atoms with E-state index >= 15 is 0 Å². The van der Waals surface area contributed by atoms with Gasteiger partial charge in [-0.15, -0.1) is 0 Å². The molecule has 0 saturated carbocycles. The molecule has 8 heteroatoms. The molecule has 0 aliphatic carbocycles. The lowest BCUT2D eigenvalue weighted by Gasteiger charge is -2.09. The first kappa shape index (κ1) is 18.3. The Kier molecular flexibility index (Phi) is 5.91. The fourth-order valence-corrected chi connectivity index (χ4v) is 2.29. The molecule has 3 rings (SSSR count). The molecular weight excluding hydrogens is 349 g/mol. The van der Waals surface area contributed by atoms with Crippen LogP contribution in [0.4, 0.5) is 21.8 Å². The van der Waals surface area contributed by atoms with E-state index in [4.69, 9.17) is 0 Å². The number of para-hydroxylation sites is 1. The predicted molar refractivity (Wildman–Crippen MR) is 102 cm³/mol. The summed E-state index contributed by atoms with van der Waals surface area (Å²) in [6.45, 7) is -0.0619. The van der Waals surface area contributed by atoms with Crippen LogP contribution in [0.25, 0.3) is 0 Å². The lowest BCUT2D eigenvalue weighted by molar-refractivity contribution is 0.298. The van der Waals surface area contributed by atoms with Crippen molar-refractivity contribution >= 4 is 23.7 Å². The van der Waals surface area contributed by atoms with E-state index in [0.29, 0.717) is 29.2 Å². The van der Waals surface area contributed by atoms with E-state index in [0.717, 1.165) is 0 Å². The number of nitrogens with one attached hydrogen (secondary N) is 2. The summed E-state index contributed by atoms with van der Waals surface area (Å²) in [4.78, 5) is 8.58. The number of anilines is 3. The molecule has 7 nitrogen and oxygen atoms in total. The fourth-order valence-electron chi connectivity index (χ4n) is 2.29. The van der Waals surface area contributed by atoms with Crippen molar-refractivity contribution in [1.29, 1.82) is 0 Å². The van der Waals surface area contributed by atoms with E-state index in [-0.39, 0.29) is 24.1 Å². The van der Waals surface area contributed by atoms with Gasteiger partial charge in [0.05, 0.1) is 11.9 Å². The highest BCUT2D eigenvalue weighted by Crippen LogP contribution is 2.18. The Morgan fingerprint density at radius 1 is 1.07 bits per heavy atom. The molecule has 0 amide bonds. The third-order valence-corrected chi connectivity index (χ3v) is 3.57. The molecule has 0 fully saturated rings. The van der Waals surface area contributed by atoms with Gasteiger partial charge in [0.2, 0.25) is 5.95 Å². The second kappa shape index (κ2) is 8.72. The number of aliphatic hydroxyl groups excluding tert-OH is 1. The molecule has 1 heterocycles. The molecule has 0 bridgehead atoms. The molecule has 0 atom stereocenters. The summed E-state index contributed by atoms with van der Waals surface area (Å²) in [6.07, 6.45) is 1.79. The maximum absolute atomic E-state index is 13.0. The van der Waals surface area contributed by atoms with Gasteiger partial charge in [-0.2, -0.15) is 10.1 Å². The maximum Gasteiger partial charge on any atom is 0.245 e. The third kappa shape index (κ3) is 5.23. The van der Waals surface area contributed by atoms with E-state index < -0.39 is 0 Å². The summed E-state index contributed by atoms with van der Waals surface area (Å²) < 4.78 is 13.0. The summed E-state index contributed by atoms with van der Waals surface area (Å²) in [5, 5.41) is 26.0. The zero-order valence-corrected chi connectivity index (χ0v) is 14.3. The van der Waals surface area contributed by atoms with E-state index in [1.54, 1.807) is 42.5 Å². The van der Waals surface area contributed by atoms with Crippen LogP contribution in [0.1, 0.15) is 11.3 Å². The molecule has 0 aliphatic rings. The molecule has 0 unspecified atom stereocenters. The number of hydrogen-bond acceptors (Lipinski definition) is 7. The number of halogens is 1. The van der Waals surface area contributed by atoms with Gasteiger partial charge in [0.1, 0.15) is 17.4 Å². The Morgan fingerprint density at radius 2 is 1.85 bits per heavy atom. The number of aromatic nitrogens is 2. The van der Waals surface area contributed by atoms with Gasteiger partial charge in [0.25, 0.3) is 0 Å². The van der Waals surface area contributed by atoms with Crippen molar-refractivity contribution in [2.75, 3.05) is 17.3 Å². The molecular formula is C19H18FN5O2. The molecule has 27 heavy (non-hydrogen) atoms. The van der Waals surface area contributed by atoms with Crippen LogP contribution >= 0.6 is 0 Å². The van der Waals surface area contributed by atoms with Crippen LogP contribution in [0.5, 0.6) is 5.75 Å². The number of aliphatic hydroxyl groups is 1. The Labute approximate surface area is 155 Å². The number of phenols is 1. The van der Waals surface area contributed by atoms with E-state index in [1.807, 2.05) is 0 Å². The highest BCUT2D eigenvalue weighted by Gasteiger charge is 2.05.